The highest BCUT2D eigenvalue weighted by molar-refractivity contribution is 7.89. The molecule has 0 atom stereocenters. The average Bonchev–Trinajstić information content (AvgIpc) is 3.05. The van der Waals surface area contributed by atoms with Gasteiger partial charge in [-0.25, -0.2) is 8.42 Å². The lowest BCUT2D eigenvalue weighted by atomic mass is 10.1. The van der Waals surface area contributed by atoms with Gasteiger partial charge in [-0.3, -0.25) is 4.79 Å². The molecule has 2 heterocycles. The first-order valence-corrected chi connectivity index (χ1v) is 9.18. The van der Waals surface area contributed by atoms with Crippen LogP contribution in [0.1, 0.15) is 36.4 Å². The van der Waals surface area contributed by atoms with Crippen LogP contribution < -0.4 is 11.1 Å². The van der Waals surface area contributed by atoms with Crippen LogP contribution in [0.25, 0.3) is 0 Å². The Morgan fingerprint density at radius 1 is 1.43 bits per heavy atom. The number of nitrogens with two attached hydrogens (primary N) is 1. The number of nitrogens with zero attached hydrogens (tertiary/aromatic N) is 1. The molecule has 3 N–H and O–H groups in total. The van der Waals surface area contributed by atoms with E-state index in [4.69, 9.17) is 5.73 Å². The number of nitrogens with one attached hydrogen (secondary N) is 1. The van der Waals surface area contributed by atoms with E-state index in [-0.39, 0.29) is 22.2 Å². The van der Waals surface area contributed by atoms with Gasteiger partial charge < -0.3 is 11.1 Å². The van der Waals surface area contributed by atoms with E-state index < -0.39 is 15.6 Å². The van der Waals surface area contributed by atoms with Gasteiger partial charge in [0.15, 0.2) is 0 Å². The Morgan fingerprint density at radius 2 is 2.05 bits per heavy atom. The molecule has 118 valence electrons. The van der Waals surface area contributed by atoms with Crippen molar-refractivity contribution in [2.24, 2.45) is 5.73 Å². The number of carbonyl (C=O) groups excluding carboxylic acids is 1. The third kappa shape index (κ3) is 3.82. The molecular weight excluding hydrogens is 310 g/mol. The first kappa shape index (κ1) is 16.4. The van der Waals surface area contributed by atoms with Gasteiger partial charge in [-0.1, -0.05) is 0 Å². The van der Waals surface area contributed by atoms with E-state index in [1.54, 1.807) is 19.2 Å². The molecule has 21 heavy (non-hydrogen) atoms. The average molecular weight is 331 g/mol. The molecule has 6 nitrogen and oxygen atoms in total. The summed E-state index contributed by atoms with van der Waals surface area (Å²) in [7, 11) is -3.57. The summed E-state index contributed by atoms with van der Waals surface area (Å²) in [5.41, 5.74) is 5.28. The van der Waals surface area contributed by atoms with Gasteiger partial charge in [0.1, 0.15) is 9.77 Å². The number of thiophene rings is 1. The maximum atomic E-state index is 12.5. The molecule has 1 saturated heterocycles. The Bertz CT molecular complexity index is 611. The van der Waals surface area contributed by atoms with E-state index in [0.717, 1.165) is 24.2 Å². The maximum Gasteiger partial charge on any atom is 0.262 e. The van der Waals surface area contributed by atoms with Gasteiger partial charge >= 0.3 is 0 Å². The molecule has 0 aromatic carbocycles. The molecule has 8 heteroatoms. The summed E-state index contributed by atoms with van der Waals surface area (Å²) >= 11 is 1.14. The third-order valence-corrected chi connectivity index (χ3v) is 6.21. The normalized spacial score (nSPS) is 17.1. The molecule has 1 aromatic heterocycles. The predicted molar refractivity (Wildman–Crippen MR) is 82.9 cm³/mol. The maximum absolute atomic E-state index is 12.5. The number of hydrogen-bond donors (Lipinski definition) is 2. The summed E-state index contributed by atoms with van der Waals surface area (Å²) in [6.45, 7) is 4.92. The van der Waals surface area contributed by atoms with Crippen molar-refractivity contribution in [2.75, 3.05) is 19.6 Å². The summed E-state index contributed by atoms with van der Waals surface area (Å²) in [5.74, 6) is -0.388. The van der Waals surface area contributed by atoms with E-state index in [0.29, 0.717) is 13.1 Å². The van der Waals surface area contributed by atoms with Gasteiger partial charge in [0, 0.05) is 25.2 Å². The van der Waals surface area contributed by atoms with Crippen LogP contribution >= 0.6 is 11.3 Å². The molecule has 0 radical (unpaired) electrons. The largest absolute Gasteiger partial charge is 0.349 e. The van der Waals surface area contributed by atoms with Crippen molar-refractivity contribution in [1.82, 2.24) is 9.62 Å². The SMILES string of the molecule is CC(C)(N)CNC(=O)c1sccc1S(=O)(=O)N1CCCC1. The minimum Gasteiger partial charge on any atom is -0.349 e. The lowest BCUT2D eigenvalue weighted by Gasteiger charge is -2.19. The highest BCUT2D eigenvalue weighted by Crippen LogP contribution is 2.27. The molecule has 0 spiro atoms. The Kier molecular flexibility index (Phi) is 4.72. The number of hydrogen-bond acceptors (Lipinski definition) is 5. The highest BCUT2D eigenvalue weighted by Gasteiger charge is 2.31. The first-order chi connectivity index (χ1) is 9.72. The zero-order chi connectivity index (χ0) is 15.7. The van der Waals surface area contributed by atoms with Crippen molar-refractivity contribution in [3.8, 4) is 0 Å². The van der Waals surface area contributed by atoms with Crippen LogP contribution in [0.2, 0.25) is 0 Å². The number of rotatable bonds is 5. The van der Waals surface area contributed by atoms with Crippen LogP contribution in [-0.4, -0.2) is 43.8 Å². The molecule has 1 amide bonds. The standard InChI is InChI=1S/C13H21N3O3S2/c1-13(2,14)9-15-12(17)11-10(5-8-20-11)21(18,19)16-6-3-4-7-16/h5,8H,3-4,6-7,9,14H2,1-2H3,(H,15,17). The van der Waals surface area contributed by atoms with E-state index in [1.165, 1.54) is 10.4 Å². The van der Waals surface area contributed by atoms with Crippen molar-refractivity contribution in [3.63, 3.8) is 0 Å². The van der Waals surface area contributed by atoms with Crippen LogP contribution in [0, 0.1) is 0 Å². The van der Waals surface area contributed by atoms with E-state index >= 15 is 0 Å². The number of carbonyl (C=O) groups is 1. The van der Waals surface area contributed by atoms with Gasteiger partial charge in [-0.15, -0.1) is 11.3 Å². The van der Waals surface area contributed by atoms with Crippen molar-refractivity contribution in [1.29, 1.82) is 0 Å². The minimum atomic E-state index is -3.57. The van der Waals surface area contributed by atoms with Crippen molar-refractivity contribution < 1.29 is 13.2 Å². The molecular formula is C13H21N3O3S2. The Morgan fingerprint density at radius 3 is 2.62 bits per heavy atom. The van der Waals surface area contributed by atoms with Crippen molar-refractivity contribution in [2.45, 2.75) is 37.1 Å². The molecule has 1 aliphatic heterocycles. The van der Waals surface area contributed by atoms with Crippen LogP contribution in [0.4, 0.5) is 0 Å². The minimum absolute atomic E-state index is 0.0988. The summed E-state index contributed by atoms with van der Waals surface area (Å²) in [6.07, 6.45) is 1.73. The quantitative estimate of drug-likeness (QED) is 0.842. The topological polar surface area (TPSA) is 92.5 Å². The molecule has 1 aliphatic rings. The molecule has 0 bridgehead atoms. The fourth-order valence-corrected chi connectivity index (χ4v) is 4.96. The molecule has 0 saturated carbocycles. The second kappa shape index (κ2) is 6.04. The van der Waals surface area contributed by atoms with Gasteiger partial charge in [-0.2, -0.15) is 4.31 Å². The van der Waals surface area contributed by atoms with E-state index in [2.05, 4.69) is 5.32 Å². The lowest BCUT2D eigenvalue weighted by molar-refractivity contribution is 0.0947. The van der Waals surface area contributed by atoms with Crippen molar-refractivity contribution >= 4 is 27.3 Å². The van der Waals surface area contributed by atoms with Crippen LogP contribution in [0.15, 0.2) is 16.3 Å². The molecule has 0 aliphatic carbocycles. The second-order valence-corrected chi connectivity index (χ2v) is 8.72. The van der Waals surface area contributed by atoms with Crippen LogP contribution in [0.3, 0.4) is 0 Å². The Balaban J connectivity index is 2.20. The number of amides is 1. The lowest BCUT2D eigenvalue weighted by Crippen LogP contribution is -2.45. The number of sulfonamides is 1. The highest BCUT2D eigenvalue weighted by atomic mass is 32.2. The van der Waals surface area contributed by atoms with Crippen molar-refractivity contribution in [3.05, 3.63) is 16.3 Å². The summed E-state index contributed by atoms with van der Waals surface area (Å²) < 4.78 is 26.5. The zero-order valence-corrected chi connectivity index (χ0v) is 13.9. The Labute approximate surface area is 129 Å². The van der Waals surface area contributed by atoms with E-state index in [9.17, 15) is 13.2 Å². The molecule has 0 unspecified atom stereocenters. The van der Waals surface area contributed by atoms with Crippen LogP contribution in [-0.2, 0) is 10.0 Å². The monoisotopic (exact) mass is 331 g/mol. The Hall–Kier alpha value is -0.960. The van der Waals surface area contributed by atoms with Gasteiger partial charge in [0.05, 0.1) is 0 Å². The van der Waals surface area contributed by atoms with Gasteiger partial charge in [0.25, 0.3) is 5.91 Å². The third-order valence-electron chi connectivity index (χ3n) is 3.22. The zero-order valence-electron chi connectivity index (χ0n) is 12.3. The second-order valence-electron chi connectivity index (χ2n) is 5.90. The van der Waals surface area contributed by atoms with Gasteiger partial charge in [0.2, 0.25) is 10.0 Å². The van der Waals surface area contributed by atoms with Gasteiger partial charge in [-0.05, 0) is 38.1 Å². The molecule has 1 fully saturated rings. The predicted octanol–water partition coefficient (Wildman–Crippen LogP) is 1.000. The van der Waals surface area contributed by atoms with Crippen LogP contribution in [0.5, 0.6) is 0 Å². The smallest absolute Gasteiger partial charge is 0.262 e. The summed E-state index contributed by atoms with van der Waals surface area (Å²) in [4.78, 5) is 12.5. The summed E-state index contributed by atoms with van der Waals surface area (Å²) in [6, 6.07) is 1.50. The fourth-order valence-electron chi connectivity index (χ4n) is 2.12. The first-order valence-electron chi connectivity index (χ1n) is 6.86. The van der Waals surface area contributed by atoms with E-state index in [1.807, 2.05) is 0 Å². The molecule has 2 rings (SSSR count). The fraction of sp³-hybridized carbons (Fsp3) is 0.615. The molecule has 1 aromatic rings. The summed E-state index contributed by atoms with van der Waals surface area (Å²) in [5, 5.41) is 4.32.